The number of fused-ring (bicyclic) bond motifs is 2. The standard InChI is InChI=1S/C23H28N4O3S2/c1-4-5-13-27-21-11-10-18(32(29,30)25(2)3)15-19(21)24-23(27)31-16-22(28)26-14-12-17-8-6-7-9-20(17)26/h6-11,15H,4-5,12-14,16H2,1-3H3. The number of rotatable bonds is 8. The van der Waals surface area contributed by atoms with Crippen LogP contribution in [0, 0.1) is 0 Å². The van der Waals surface area contributed by atoms with Gasteiger partial charge in [0.25, 0.3) is 0 Å². The van der Waals surface area contributed by atoms with E-state index in [0.717, 1.165) is 42.2 Å². The second-order valence-electron chi connectivity index (χ2n) is 8.05. The van der Waals surface area contributed by atoms with E-state index < -0.39 is 10.0 Å². The van der Waals surface area contributed by atoms with Crippen molar-refractivity contribution in [3.8, 4) is 0 Å². The number of aryl methyl sites for hydroxylation is 1. The largest absolute Gasteiger partial charge is 0.319 e. The minimum atomic E-state index is -3.54. The second-order valence-corrected chi connectivity index (χ2v) is 11.1. The fraction of sp³-hybridized carbons (Fsp3) is 0.391. The summed E-state index contributed by atoms with van der Waals surface area (Å²) in [7, 11) is -0.504. The molecule has 0 spiro atoms. The first-order valence-corrected chi connectivity index (χ1v) is 13.2. The molecule has 2 heterocycles. The van der Waals surface area contributed by atoms with Crippen molar-refractivity contribution < 1.29 is 13.2 Å². The molecule has 0 fully saturated rings. The van der Waals surface area contributed by atoms with Crippen LogP contribution in [0.15, 0.2) is 52.5 Å². The Hall–Kier alpha value is -2.36. The van der Waals surface area contributed by atoms with Crippen molar-refractivity contribution in [1.82, 2.24) is 13.9 Å². The van der Waals surface area contributed by atoms with Crippen LogP contribution in [0.3, 0.4) is 0 Å². The molecule has 0 unspecified atom stereocenters. The first kappa shape index (κ1) is 22.8. The molecule has 4 rings (SSSR count). The van der Waals surface area contributed by atoms with Crippen LogP contribution in [-0.2, 0) is 27.8 Å². The topological polar surface area (TPSA) is 75.5 Å². The van der Waals surface area contributed by atoms with Gasteiger partial charge in [0.15, 0.2) is 5.16 Å². The fourth-order valence-electron chi connectivity index (χ4n) is 3.90. The zero-order valence-corrected chi connectivity index (χ0v) is 20.2. The highest BCUT2D eigenvalue weighted by Gasteiger charge is 2.25. The average molecular weight is 473 g/mol. The number of amides is 1. The number of imidazole rings is 1. The average Bonchev–Trinajstić information content (AvgIpc) is 3.36. The van der Waals surface area contributed by atoms with Crippen LogP contribution < -0.4 is 4.90 Å². The molecule has 0 N–H and O–H groups in total. The van der Waals surface area contributed by atoms with Gasteiger partial charge in [0, 0.05) is 32.9 Å². The summed E-state index contributed by atoms with van der Waals surface area (Å²) in [6.07, 6.45) is 2.88. The molecule has 0 atom stereocenters. The highest BCUT2D eigenvalue weighted by molar-refractivity contribution is 7.99. The summed E-state index contributed by atoms with van der Waals surface area (Å²) >= 11 is 1.41. The van der Waals surface area contributed by atoms with E-state index in [1.807, 2.05) is 29.2 Å². The number of nitrogens with zero attached hydrogens (tertiary/aromatic N) is 4. The second kappa shape index (κ2) is 9.25. The summed E-state index contributed by atoms with van der Waals surface area (Å²) in [5, 5.41) is 0.744. The molecule has 1 aliphatic rings. The Labute approximate surface area is 193 Å². The number of thioether (sulfide) groups is 1. The number of unbranched alkanes of at least 4 members (excludes halogenated alkanes) is 1. The van der Waals surface area contributed by atoms with Crippen molar-refractivity contribution in [3.05, 3.63) is 48.0 Å². The van der Waals surface area contributed by atoms with Crippen LogP contribution in [0.25, 0.3) is 11.0 Å². The first-order valence-electron chi connectivity index (χ1n) is 10.8. The van der Waals surface area contributed by atoms with Crippen molar-refractivity contribution in [2.45, 2.75) is 42.8 Å². The quantitative estimate of drug-likeness (QED) is 0.467. The number of benzene rings is 2. The number of aromatic nitrogens is 2. The minimum Gasteiger partial charge on any atom is -0.319 e. The van der Waals surface area contributed by atoms with Gasteiger partial charge >= 0.3 is 0 Å². The van der Waals surface area contributed by atoms with E-state index in [2.05, 4.69) is 17.6 Å². The van der Waals surface area contributed by atoms with Crippen LogP contribution in [0.1, 0.15) is 25.3 Å². The van der Waals surface area contributed by atoms with Crippen molar-refractivity contribution >= 4 is 44.4 Å². The molecule has 32 heavy (non-hydrogen) atoms. The number of hydrogen-bond donors (Lipinski definition) is 0. The van der Waals surface area contributed by atoms with E-state index in [1.54, 1.807) is 12.1 Å². The summed E-state index contributed by atoms with van der Waals surface area (Å²) in [6, 6.07) is 13.1. The lowest BCUT2D eigenvalue weighted by molar-refractivity contribution is -0.116. The summed E-state index contributed by atoms with van der Waals surface area (Å²) in [4.78, 5) is 19.7. The molecule has 0 bridgehead atoms. The lowest BCUT2D eigenvalue weighted by Crippen LogP contribution is -2.30. The van der Waals surface area contributed by atoms with E-state index >= 15 is 0 Å². The van der Waals surface area contributed by atoms with Gasteiger partial charge in [-0.15, -0.1) is 0 Å². The molecule has 1 amide bonds. The predicted molar refractivity (Wildman–Crippen MR) is 129 cm³/mol. The molecule has 0 radical (unpaired) electrons. The molecule has 0 saturated carbocycles. The lowest BCUT2D eigenvalue weighted by Gasteiger charge is -2.17. The van der Waals surface area contributed by atoms with Gasteiger partial charge in [-0.2, -0.15) is 0 Å². The van der Waals surface area contributed by atoms with E-state index in [0.29, 0.717) is 12.1 Å². The monoisotopic (exact) mass is 472 g/mol. The zero-order chi connectivity index (χ0) is 22.9. The molecule has 2 aromatic carbocycles. The van der Waals surface area contributed by atoms with Gasteiger partial charge in [-0.05, 0) is 42.7 Å². The third-order valence-corrected chi connectivity index (χ3v) is 8.48. The van der Waals surface area contributed by atoms with Gasteiger partial charge in [-0.25, -0.2) is 17.7 Å². The Morgan fingerprint density at radius 3 is 2.72 bits per heavy atom. The lowest BCUT2D eigenvalue weighted by atomic mass is 10.2. The van der Waals surface area contributed by atoms with E-state index in [9.17, 15) is 13.2 Å². The number of hydrogen-bond acceptors (Lipinski definition) is 5. The van der Waals surface area contributed by atoms with Gasteiger partial charge in [0.05, 0.1) is 21.7 Å². The SMILES string of the molecule is CCCCn1c(SCC(=O)N2CCc3ccccc32)nc2cc(S(=O)(=O)N(C)C)ccc21. The highest BCUT2D eigenvalue weighted by atomic mass is 32.2. The molecule has 0 aliphatic carbocycles. The number of sulfonamides is 1. The van der Waals surface area contributed by atoms with Crippen LogP contribution >= 0.6 is 11.8 Å². The van der Waals surface area contributed by atoms with Gasteiger partial charge in [-0.3, -0.25) is 4.79 Å². The minimum absolute atomic E-state index is 0.0601. The Balaban J connectivity index is 1.60. The van der Waals surface area contributed by atoms with Crippen molar-refractivity contribution in [3.63, 3.8) is 0 Å². The molecule has 1 aliphatic heterocycles. The van der Waals surface area contributed by atoms with Gasteiger partial charge in [0.1, 0.15) is 0 Å². The fourth-order valence-corrected chi connectivity index (χ4v) is 5.74. The highest BCUT2D eigenvalue weighted by Crippen LogP contribution is 2.31. The molecule has 7 nitrogen and oxygen atoms in total. The van der Waals surface area contributed by atoms with Crippen LogP contribution in [0.2, 0.25) is 0 Å². The van der Waals surface area contributed by atoms with E-state index in [4.69, 9.17) is 4.98 Å². The van der Waals surface area contributed by atoms with E-state index in [1.165, 1.54) is 35.7 Å². The molecule has 3 aromatic rings. The van der Waals surface area contributed by atoms with Crippen molar-refractivity contribution in [2.24, 2.45) is 0 Å². The maximum Gasteiger partial charge on any atom is 0.242 e. The van der Waals surface area contributed by atoms with Gasteiger partial charge in [0.2, 0.25) is 15.9 Å². The summed E-state index contributed by atoms with van der Waals surface area (Å²) < 4.78 is 28.4. The number of para-hydroxylation sites is 1. The Kier molecular flexibility index (Phi) is 6.60. The Morgan fingerprint density at radius 2 is 1.97 bits per heavy atom. The number of carbonyl (C=O) groups excluding carboxylic acids is 1. The maximum atomic E-state index is 13.0. The molecule has 1 aromatic heterocycles. The van der Waals surface area contributed by atoms with Crippen molar-refractivity contribution in [1.29, 1.82) is 0 Å². The molecule has 9 heteroatoms. The number of carbonyl (C=O) groups is 1. The predicted octanol–water partition coefficient (Wildman–Crippen LogP) is 3.77. The summed E-state index contributed by atoms with van der Waals surface area (Å²) in [6.45, 7) is 3.61. The van der Waals surface area contributed by atoms with Crippen LogP contribution in [-0.4, -0.2) is 54.6 Å². The Morgan fingerprint density at radius 1 is 1.19 bits per heavy atom. The third-order valence-electron chi connectivity index (χ3n) is 5.71. The maximum absolute atomic E-state index is 13.0. The summed E-state index contributed by atoms with van der Waals surface area (Å²) in [5.41, 5.74) is 3.72. The van der Waals surface area contributed by atoms with Crippen LogP contribution in [0.4, 0.5) is 5.69 Å². The zero-order valence-electron chi connectivity index (χ0n) is 18.6. The number of anilines is 1. The molecule has 0 saturated heterocycles. The van der Waals surface area contributed by atoms with E-state index in [-0.39, 0.29) is 16.6 Å². The summed E-state index contributed by atoms with van der Waals surface area (Å²) in [5.74, 6) is 0.344. The normalized spacial score (nSPS) is 13.8. The molecule has 170 valence electrons. The smallest absolute Gasteiger partial charge is 0.242 e. The van der Waals surface area contributed by atoms with Gasteiger partial charge < -0.3 is 9.47 Å². The molecular formula is C23H28N4O3S2. The Bertz CT molecular complexity index is 1250. The van der Waals surface area contributed by atoms with Crippen LogP contribution in [0.5, 0.6) is 0 Å². The molecular weight excluding hydrogens is 444 g/mol. The first-order chi connectivity index (χ1) is 15.3. The third kappa shape index (κ3) is 4.29. The van der Waals surface area contributed by atoms with Gasteiger partial charge in [-0.1, -0.05) is 43.3 Å². The van der Waals surface area contributed by atoms with Crippen molar-refractivity contribution in [2.75, 3.05) is 31.3 Å².